The number of carbonyl (C=O) groups excluding carboxylic acids is 4. The molecule has 2 aliphatic heterocycles. The Balaban J connectivity index is 1.20. The number of fused-ring (bicyclic) bond motifs is 4. The number of allylic oxidation sites excluding steroid dienone is 2. The zero-order chi connectivity index (χ0) is 35.6. The van der Waals surface area contributed by atoms with E-state index in [1.807, 2.05) is 36.4 Å². The Bertz CT molecular complexity index is 2130. The Morgan fingerprint density at radius 2 is 1.49 bits per heavy atom. The average Bonchev–Trinajstić information content (AvgIpc) is 3.51. The van der Waals surface area contributed by atoms with E-state index in [0.29, 0.717) is 17.0 Å². The maximum absolute atomic E-state index is 14.6. The number of hydrogen-bond donors (Lipinski definition) is 1. The Morgan fingerprint density at radius 1 is 0.824 bits per heavy atom. The number of carbonyl (C=O) groups is 4. The first-order valence-corrected chi connectivity index (χ1v) is 16.8. The molecule has 0 aromatic heterocycles. The number of ether oxygens (including phenoxy) is 1. The Morgan fingerprint density at radius 3 is 2.16 bits per heavy atom. The number of para-hydroxylation sites is 1. The number of nitrogens with zero attached hydrogens (tertiary/aromatic N) is 3. The molecule has 11 nitrogen and oxygen atoms in total. The van der Waals surface area contributed by atoms with Crippen LogP contribution in [0.1, 0.15) is 36.8 Å². The van der Waals surface area contributed by atoms with Crippen molar-refractivity contribution in [2.24, 2.45) is 29.1 Å². The summed E-state index contributed by atoms with van der Waals surface area (Å²) in [6.07, 6.45) is 2.27. The van der Waals surface area contributed by atoms with Crippen LogP contribution in [0.3, 0.4) is 0 Å². The van der Waals surface area contributed by atoms with E-state index in [1.54, 1.807) is 49.4 Å². The molecule has 2 aliphatic carbocycles. The summed E-state index contributed by atoms with van der Waals surface area (Å²) in [5.74, 6) is -5.17. The number of phenolic OH excluding ortho intramolecular Hbond substituents is 1. The van der Waals surface area contributed by atoms with Crippen LogP contribution >= 0.6 is 0 Å². The maximum Gasteiger partial charge on any atom is 0.269 e. The van der Waals surface area contributed by atoms with E-state index < -0.39 is 63.6 Å². The molecule has 0 bridgehead atoms. The lowest BCUT2D eigenvalue weighted by Crippen LogP contribution is -2.48. The molecule has 1 saturated carbocycles. The van der Waals surface area contributed by atoms with Gasteiger partial charge in [0.1, 0.15) is 18.1 Å². The molecule has 4 aromatic carbocycles. The molecule has 2 saturated heterocycles. The third-order valence-electron chi connectivity index (χ3n) is 11.2. The highest BCUT2D eigenvalue weighted by atomic mass is 16.6. The van der Waals surface area contributed by atoms with E-state index in [2.05, 4.69) is 0 Å². The smallest absolute Gasteiger partial charge is 0.269 e. The van der Waals surface area contributed by atoms with Crippen LogP contribution in [0.15, 0.2) is 115 Å². The van der Waals surface area contributed by atoms with E-state index in [0.717, 1.165) is 16.0 Å². The normalized spacial score (nSPS) is 26.8. The minimum Gasteiger partial charge on any atom is -0.508 e. The summed E-state index contributed by atoms with van der Waals surface area (Å²) in [4.78, 5) is 70.1. The van der Waals surface area contributed by atoms with Crippen molar-refractivity contribution < 1.29 is 33.9 Å². The van der Waals surface area contributed by atoms with Crippen LogP contribution in [0.25, 0.3) is 0 Å². The molecule has 11 heteroatoms. The Kier molecular flexibility index (Phi) is 7.59. The summed E-state index contributed by atoms with van der Waals surface area (Å²) in [5.41, 5.74) is 1.27. The summed E-state index contributed by atoms with van der Waals surface area (Å²) in [7, 11) is 0. The number of non-ortho nitro benzene ring substituents is 1. The standard InChI is InChI=1S/C40H33N3O8/c1-40-32(37(46)42(39(40)48)24-10-6-3-7-11-24)21-31-28(35(40)29-17-16-27(20-33(29)44)51-22-23-8-4-2-5-9-23)18-19-30-34(31)38(47)41(36(30)45)25-12-14-26(15-13-25)43(49)50/h2-18,20,30-32,34-35,44H,19,21-22H2,1H3. The van der Waals surface area contributed by atoms with Crippen LogP contribution in [-0.4, -0.2) is 33.7 Å². The van der Waals surface area contributed by atoms with Gasteiger partial charge in [-0.05, 0) is 61.6 Å². The molecule has 4 aliphatic rings. The van der Waals surface area contributed by atoms with Crippen LogP contribution < -0.4 is 14.5 Å². The van der Waals surface area contributed by atoms with Gasteiger partial charge in [-0.1, -0.05) is 66.2 Å². The molecular formula is C40H33N3O8. The van der Waals surface area contributed by atoms with Crippen molar-refractivity contribution in [2.45, 2.75) is 32.3 Å². The fourth-order valence-corrected chi connectivity index (χ4v) is 8.76. The predicted molar refractivity (Wildman–Crippen MR) is 186 cm³/mol. The third-order valence-corrected chi connectivity index (χ3v) is 11.2. The lowest BCUT2D eigenvalue weighted by molar-refractivity contribution is -0.384. The molecule has 0 spiro atoms. The molecule has 8 rings (SSSR count). The Hall–Kier alpha value is -6.10. The second-order valence-electron chi connectivity index (χ2n) is 13.8. The summed E-state index contributed by atoms with van der Waals surface area (Å²) >= 11 is 0. The first kappa shape index (κ1) is 32.1. The second-order valence-corrected chi connectivity index (χ2v) is 13.8. The number of nitro benzene ring substituents is 1. The molecule has 3 fully saturated rings. The lowest BCUT2D eigenvalue weighted by atomic mass is 9.51. The summed E-state index contributed by atoms with van der Waals surface area (Å²) < 4.78 is 5.97. The highest BCUT2D eigenvalue weighted by molar-refractivity contribution is 6.25. The third kappa shape index (κ3) is 4.94. The van der Waals surface area contributed by atoms with E-state index in [4.69, 9.17) is 4.74 Å². The van der Waals surface area contributed by atoms with Crippen molar-refractivity contribution >= 4 is 40.7 Å². The summed E-state index contributed by atoms with van der Waals surface area (Å²) in [5, 5.41) is 22.9. The zero-order valence-electron chi connectivity index (χ0n) is 27.5. The first-order valence-electron chi connectivity index (χ1n) is 16.8. The van der Waals surface area contributed by atoms with Gasteiger partial charge in [0.2, 0.25) is 23.6 Å². The molecule has 4 aromatic rings. The van der Waals surface area contributed by atoms with Crippen LogP contribution in [0.5, 0.6) is 11.5 Å². The van der Waals surface area contributed by atoms with Gasteiger partial charge in [0, 0.05) is 29.7 Å². The van der Waals surface area contributed by atoms with Gasteiger partial charge < -0.3 is 9.84 Å². The van der Waals surface area contributed by atoms with Gasteiger partial charge in [-0.25, -0.2) is 4.90 Å². The molecule has 6 atom stereocenters. The number of rotatable bonds is 7. The van der Waals surface area contributed by atoms with Crippen molar-refractivity contribution in [1.29, 1.82) is 0 Å². The topological polar surface area (TPSA) is 147 Å². The van der Waals surface area contributed by atoms with E-state index in [1.165, 1.54) is 35.2 Å². The molecule has 256 valence electrons. The molecule has 1 N–H and O–H groups in total. The van der Waals surface area contributed by atoms with Gasteiger partial charge in [0.05, 0.1) is 39.5 Å². The summed E-state index contributed by atoms with van der Waals surface area (Å²) in [6.45, 7) is 2.04. The van der Waals surface area contributed by atoms with Gasteiger partial charge >= 0.3 is 0 Å². The van der Waals surface area contributed by atoms with Crippen LogP contribution in [0.4, 0.5) is 17.1 Å². The number of anilines is 2. The average molecular weight is 684 g/mol. The van der Waals surface area contributed by atoms with E-state index >= 15 is 0 Å². The fraction of sp³-hybridized carbons (Fsp3) is 0.250. The number of imide groups is 2. The predicted octanol–water partition coefficient (Wildman–Crippen LogP) is 6.31. The highest BCUT2D eigenvalue weighted by Gasteiger charge is 2.68. The second kappa shape index (κ2) is 12.0. The van der Waals surface area contributed by atoms with E-state index in [-0.39, 0.29) is 36.6 Å². The fourth-order valence-electron chi connectivity index (χ4n) is 8.76. The van der Waals surface area contributed by atoms with Crippen molar-refractivity contribution in [2.75, 3.05) is 9.80 Å². The van der Waals surface area contributed by atoms with Crippen molar-refractivity contribution in [3.63, 3.8) is 0 Å². The van der Waals surface area contributed by atoms with E-state index in [9.17, 15) is 34.4 Å². The first-order chi connectivity index (χ1) is 24.6. The Labute approximate surface area is 292 Å². The number of nitro groups is 1. The van der Waals surface area contributed by atoms with Gasteiger partial charge in [-0.2, -0.15) is 0 Å². The SMILES string of the molecule is CC12C(=O)N(c3ccccc3)C(=O)C1CC1C(=CCC3C(=O)N(c4ccc([N+](=O)[O-])cc4)C(=O)C31)C2c1ccc(OCc2ccccc2)cc1O. The molecule has 2 heterocycles. The number of phenols is 1. The van der Waals surface area contributed by atoms with Crippen molar-refractivity contribution in [3.8, 4) is 11.5 Å². The maximum atomic E-state index is 14.6. The lowest BCUT2D eigenvalue weighted by Gasteiger charge is -2.49. The highest BCUT2D eigenvalue weighted by Crippen LogP contribution is 2.64. The summed E-state index contributed by atoms with van der Waals surface area (Å²) in [6, 6.07) is 28.5. The number of hydrogen-bond acceptors (Lipinski definition) is 8. The number of amides is 4. The van der Waals surface area contributed by atoms with Crippen LogP contribution in [0, 0.1) is 39.2 Å². The van der Waals surface area contributed by atoms with Gasteiger partial charge in [0.15, 0.2) is 0 Å². The van der Waals surface area contributed by atoms with Gasteiger partial charge in [-0.15, -0.1) is 0 Å². The minimum atomic E-state index is -1.32. The van der Waals surface area contributed by atoms with Crippen LogP contribution in [-0.2, 0) is 25.8 Å². The molecule has 51 heavy (non-hydrogen) atoms. The number of aromatic hydroxyl groups is 1. The largest absolute Gasteiger partial charge is 0.508 e. The zero-order valence-corrected chi connectivity index (χ0v) is 27.5. The van der Waals surface area contributed by atoms with Gasteiger partial charge in [-0.3, -0.25) is 34.2 Å². The van der Waals surface area contributed by atoms with Crippen molar-refractivity contribution in [3.05, 3.63) is 136 Å². The number of benzene rings is 4. The van der Waals surface area contributed by atoms with Gasteiger partial charge in [0.25, 0.3) is 5.69 Å². The molecule has 0 radical (unpaired) electrons. The molecular weight excluding hydrogens is 650 g/mol. The molecule has 4 amide bonds. The minimum absolute atomic E-state index is 0.117. The quantitative estimate of drug-likeness (QED) is 0.103. The van der Waals surface area contributed by atoms with Crippen LogP contribution in [0.2, 0.25) is 0 Å². The van der Waals surface area contributed by atoms with Crippen molar-refractivity contribution in [1.82, 2.24) is 0 Å². The monoisotopic (exact) mass is 683 g/mol. The molecule has 6 unspecified atom stereocenters.